The highest BCUT2D eigenvalue weighted by atomic mass is 16.5. The number of nitriles is 1. The number of fused-ring (bicyclic) bond motifs is 1. The fraction of sp³-hybridized carbons (Fsp3) is 0.200. The van der Waals surface area contributed by atoms with Gasteiger partial charge in [-0.25, -0.2) is 4.98 Å². The first-order valence-electron chi connectivity index (χ1n) is 10.3. The van der Waals surface area contributed by atoms with E-state index in [1.807, 2.05) is 30.3 Å². The summed E-state index contributed by atoms with van der Waals surface area (Å²) in [6.45, 7) is 1.73. The lowest BCUT2D eigenvalue weighted by Crippen LogP contribution is -2.28. The summed E-state index contributed by atoms with van der Waals surface area (Å²) in [7, 11) is 4.45. The van der Waals surface area contributed by atoms with Crippen LogP contribution in [0.4, 0.5) is 0 Å². The molecule has 0 aliphatic heterocycles. The summed E-state index contributed by atoms with van der Waals surface area (Å²) in [5.41, 5.74) is 2.90. The number of nitrogens with zero attached hydrogens (tertiary/aromatic N) is 3. The smallest absolute Gasteiger partial charge is 0.259 e. The van der Waals surface area contributed by atoms with Crippen LogP contribution in [-0.4, -0.2) is 37.4 Å². The summed E-state index contributed by atoms with van der Waals surface area (Å²) in [5, 5.41) is 17.1. The van der Waals surface area contributed by atoms with Gasteiger partial charge in [-0.1, -0.05) is 35.5 Å². The molecule has 9 heteroatoms. The molecule has 4 aromatic rings. The van der Waals surface area contributed by atoms with Crippen LogP contribution in [0.3, 0.4) is 0 Å². The quantitative estimate of drug-likeness (QED) is 0.437. The van der Waals surface area contributed by atoms with Crippen molar-refractivity contribution in [3.63, 3.8) is 0 Å². The molecule has 1 amide bonds. The first-order chi connectivity index (χ1) is 16.5. The second kappa shape index (κ2) is 9.50. The average molecular weight is 458 g/mol. The topological polar surface area (TPSA) is 120 Å². The molecule has 1 unspecified atom stereocenters. The van der Waals surface area contributed by atoms with E-state index in [4.69, 9.17) is 18.7 Å². The Bertz CT molecular complexity index is 1370. The number of ether oxygens (including phenoxy) is 3. The number of pyridine rings is 1. The molecular weight excluding hydrogens is 436 g/mol. The molecular formula is C25H22N4O5. The predicted octanol–water partition coefficient (Wildman–Crippen LogP) is 4.22. The highest BCUT2D eigenvalue weighted by Gasteiger charge is 2.24. The summed E-state index contributed by atoms with van der Waals surface area (Å²) in [4.78, 5) is 17.9. The first-order valence-corrected chi connectivity index (χ1v) is 10.3. The monoisotopic (exact) mass is 458 g/mol. The van der Waals surface area contributed by atoms with Crippen LogP contribution >= 0.6 is 0 Å². The van der Waals surface area contributed by atoms with Crippen LogP contribution < -0.4 is 19.5 Å². The maximum atomic E-state index is 13.4. The molecule has 0 bridgehead atoms. The van der Waals surface area contributed by atoms with E-state index in [-0.39, 0.29) is 5.71 Å². The van der Waals surface area contributed by atoms with Crippen LogP contribution in [-0.2, 0) is 0 Å². The number of nitrogens with one attached hydrogen (secondary N) is 1. The lowest BCUT2D eigenvalue weighted by Gasteiger charge is -2.17. The van der Waals surface area contributed by atoms with Crippen LogP contribution in [0.2, 0.25) is 0 Å². The SMILES string of the molecule is COc1cc(C(C#N)NC(=O)c2cc(-c3ccccc3)nc3onc(C)c23)cc(OC)c1OC. The number of carbonyl (C=O) groups excluding carboxylic acids is 1. The number of benzene rings is 2. The van der Waals surface area contributed by atoms with Gasteiger partial charge in [0, 0.05) is 5.56 Å². The van der Waals surface area contributed by atoms with Crippen LogP contribution in [0.15, 0.2) is 53.1 Å². The average Bonchev–Trinajstić information content (AvgIpc) is 3.26. The van der Waals surface area contributed by atoms with Gasteiger partial charge in [0.25, 0.3) is 11.6 Å². The lowest BCUT2D eigenvalue weighted by molar-refractivity contribution is 0.0946. The zero-order chi connectivity index (χ0) is 24.2. The van der Waals surface area contributed by atoms with E-state index in [1.165, 1.54) is 21.3 Å². The normalized spacial score (nSPS) is 11.5. The molecule has 2 heterocycles. The number of aromatic nitrogens is 2. The predicted molar refractivity (Wildman–Crippen MR) is 124 cm³/mol. The second-order valence-corrected chi connectivity index (χ2v) is 7.36. The lowest BCUT2D eigenvalue weighted by atomic mass is 10.0. The van der Waals surface area contributed by atoms with Gasteiger partial charge in [-0.05, 0) is 30.7 Å². The minimum atomic E-state index is -0.996. The van der Waals surface area contributed by atoms with E-state index < -0.39 is 11.9 Å². The first kappa shape index (κ1) is 22.6. The molecule has 172 valence electrons. The highest BCUT2D eigenvalue weighted by Crippen LogP contribution is 2.39. The third kappa shape index (κ3) is 4.09. The zero-order valence-corrected chi connectivity index (χ0v) is 19.1. The van der Waals surface area contributed by atoms with Crippen molar-refractivity contribution >= 4 is 17.0 Å². The van der Waals surface area contributed by atoms with E-state index in [0.29, 0.717) is 45.1 Å². The van der Waals surface area contributed by atoms with Crippen LogP contribution in [0, 0.1) is 18.3 Å². The molecule has 0 radical (unpaired) electrons. The summed E-state index contributed by atoms with van der Waals surface area (Å²) in [5.74, 6) is 0.661. The summed E-state index contributed by atoms with van der Waals surface area (Å²) in [6, 6.07) is 15.5. The largest absolute Gasteiger partial charge is 0.493 e. The van der Waals surface area contributed by atoms with E-state index in [2.05, 4.69) is 21.5 Å². The van der Waals surface area contributed by atoms with E-state index in [0.717, 1.165) is 5.56 Å². The highest BCUT2D eigenvalue weighted by molar-refractivity contribution is 6.07. The number of hydrogen-bond donors (Lipinski definition) is 1. The van der Waals surface area contributed by atoms with Gasteiger partial charge in [0.1, 0.15) is 6.04 Å². The molecule has 1 atom stereocenters. The number of hydrogen-bond acceptors (Lipinski definition) is 8. The minimum absolute atomic E-state index is 0.241. The fourth-order valence-electron chi connectivity index (χ4n) is 3.70. The van der Waals surface area contributed by atoms with Crippen molar-refractivity contribution in [3.8, 4) is 34.6 Å². The molecule has 4 rings (SSSR count). The van der Waals surface area contributed by atoms with Crippen molar-refractivity contribution in [1.82, 2.24) is 15.5 Å². The van der Waals surface area contributed by atoms with Gasteiger partial charge in [-0.2, -0.15) is 5.26 Å². The molecule has 0 aliphatic carbocycles. The molecule has 1 N–H and O–H groups in total. The standard InChI is InChI=1S/C25H22N4O5/c1-14-22-17(12-18(28-25(22)34-29-14)15-8-6-5-7-9-15)24(30)27-19(13-26)16-10-20(31-2)23(33-4)21(11-16)32-3/h5-12,19H,1-4H3,(H,27,30). The summed E-state index contributed by atoms with van der Waals surface area (Å²) >= 11 is 0. The van der Waals surface area contributed by atoms with Crippen molar-refractivity contribution in [2.24, 2.45) is 0 Å². The molecule has 2 aromatic carbocycles. The Hall–Kier alpha value is -4.58. The Morgan fingerprint density at radius 2 is 1.74 bits per heavy atom. The summed E-state index contributed by atoms with van der Waals surface area (Å²) in [6.07, 6.45) is 0. The van der Waals surface area contributed by atoms with Crippen molar-refractivity contribution in [2.75, 3.05) is 21.3 Å². The number of carbonyl (C=O) groups is 1. The third-order valence-electron chi connectivity index (χ3n) is 5.36. The van der Waals surface area contributed by atoms with Gasteiger partial charge in [-0.15, -0.1) is 0 Å². The summed E-state index contributed by atoms with van der Waals surface area (Å²) < 4.78 is 21.4. The molecule has 0 saturated heterocycles. The van der Waals surface area contributed by atoms with Crippen LogP contribution in [0.5, 0.6) is 17.2 Å². The Morgan fingerprint density at radius 1 is 1.06 bits per heavy atom. The molecule has 9 nitrogen and oxygen atoms in total. The Labute approximate surface area is 195 Å². The molecule has 2 aromatic heterocycles. The van der Waals surface area contributed by atoms with E-state index in [1.54, 1.807) is 25.1 Å². The Balaban J connectivity index is 1.76. The fourth-order valence-corrected chi connectivity index (χ4v) is 3.70. The molecule has 0 aliphatic rings. The second-order valence-electron chi connectivity index (χ2n) is 7.36. The minimum Gasteiger partial charge on any atom is -0.493 e. The van der Waals surface area contributed by atoms with Crippen molar-refractivity contribution in [3.05, 3.63) is 65.4 Å². The number of rotatable bonds is 7. The number of methoxy groups -OCH3 is 3. The molecule has 0 saturated carbocycles. The van der Waals surface area contributed by atoms with Gasteiger partial charge in [-0.3, -0.25) is 4.79 Å². The van der Waals surface area contributed by atoms with E-state index in [9.17, 15) is 10.1 Å². The van der Waals surface area contributed by atoms with Gasteiger partial charge < -0.3 is 24.1 Å². The number of amides is 1. The van der Waals surface area contributed by atoms with Crippen LogP contribution in [0.1, 0.15) is 27.7 Å². The Morgan fingerprint density at radius 3 is 2.32 bits per heavy atom. The van der Waals surface area contributed by atoms with Gasteiger partial charge >= 0.3 is 0 Å². The molecule has 34 heavy (non-hydrogen) atoms. The zero-order valence-electron chi connectivity index (χ0n) is 19.1. The van der Waals surface area contributed by atoms with Crippen molar-refractivity contribution in [1.29, 1.82) is 5.26 Å². The maximum absolute atomic E-state index is 13.4. The Kier molecular flexibility index (Phi) is 6.32. The van der Waals surface area contributed by atoms with Crippen LogP contribution in [0.25, 0.3) is 22.4 Å². The number of aryl methyl sites for hydroxylation is 1. The molecule has 0 spiro atoms. The van der Waals surface area contributed by atoms with Gasteiger partial charge in [0.2, 0.25) is 5.75 Å². The third-order valence-corrected chi connectivity index (χ3v) is 5.36. The van der Waals surface area contributed by atoms with Gasteiger partial charge in [0.15, 0.2) is 11.5 Å². The van der Waals surface area contributed by atoms with E-state index >= 15 is 0 Å². The van der Waals surface area contributed by atoms with Crippen molar-refractivity contribution in [2.45, 2.75) is 13.0 Å². The maximum Gasteiger partial charge on any atom is 0.259 e. The van der Waals surface area contributed by atoms with Crippen molar-refractivity contribution < 1.29 is 23.5 Å². The molecule has 0 fully saturated rings. The van der Waals surface area contributed by atoms with Gasteiger partial charge in [0.05, 0.1) is 49.7 Å².